The molecule has 0 fully saturated rings. The van der Waals surface area contributed by atoms with Gasteiger partial charge in [-0.25, -0.2) is 4.39 Å². The van der Waals surface area contributed by atoms with Crippen LogP contribution in [0.25, 0.3) is 0 Å². The number of amides is 1. The summed E-state index contributed by atoms with van der Waals surface area (Å²) in [6.45, 7) is 5.33. The number of Topliss-reactive ketones (excluding diaryl/α,β-unsaturated/α-hetero) is 1. The minimum atomic E-state index is -0.852. The van der Waals surface area contributed by atoms with Crippen LogP contribution in [0.1, 0.15) is 31.1 Å². The highest BCUT2D eigenvalue weighted by Gasteiger charge is 2.40. The predicted octanol–water partition coefficient (Wildman–Crippen LogP) is 1.76. The Balaban J connectivity index is 2.39. The molecule has 1 N–H and O–H groups in total. The standard InChI is InChI=1S/C14H16FNO3/c1-14(2,3)10(17)7-16-11-8(12(18)13(16)19)5-4-6-9(11)15/h4-6,10,17H,7H2,1-3H3. The van der Waals surface area contributed by atoms with Crippen LogP contribution in [0.5, 0.6) is 0 Å². The van der Waals surface area contributed by atoms with E-state index < -0.39 is 29.0 Å². The summed E-state index contributed by atoms with van der Waals surface area (Å²) < 4.78 is 13.8. The second-order valence-corrected chi connectivity index (χ2v) is 5.76. The molecule has 0 saturated heterocycles. The first-order chi connectivity index (χ1) is 8.73. The van der Waals surface area contributed by atoms with Crippen molar-refractivity contribution in [2.24, 2.45) is 5.41 Å². The minimum Gasteiger partial charge on any atom is -0.391 e. The van der Waals surface area contributed by atoms with Gasteiger partial charge in [0.25, 0.3) is 11.7 Å². The maximum absolute atomic E-state index is 13.8. The number of rotatable bonds is 2. The fourth-order valence-corrected chi connectivity index (χ4v) is 1.93. The summed E-state index contributed by atoms with van der Waals surface area (Å²) >= 11 is 0. The van der Waals surface area contributed by atoms with E-state index in [1.54, 1.807) is 0 Å². The third-order valence-corrected chi connectivity index (χ3v) is 3.30. The van der Waals surface area contributed by atoms with Gasteiger partial charge < -0.3 is 5.11 Å². The number of fused-ring (bicyclic) bond motifs is 1. The molecule has 1 heterocycles. The van der Waals surface area contributed by atoms with Crippen LogP contribution >= 0.6 is 0 Å². The summed E-state index contributed by atoms with van der Waals surface area (Å²) in [6.07, 6.45) is -0.852. The molecule has 1 atom stereocenters. The third-order valence-electron chi connectivity index (χ3n) is 3.30. The van der Waals surface area contributed by atoms with Crippen molar-refractivity contribution in [1.29, 1.82) is 0 Å². The summed E-state index contributed by atoms with van der Waals surface area (Å²) in [6, 6.07) is 4.01. The SMILES string of the molecule is CC(C)(C)C(O)CN1C(=O)C(=O)c2cccc(F)c21. The summed E-state index contributed by atoms with van der Waals surface area (Å²) in [5, 5.41) is 10.0. The first-order valence-electron chi connectivity index (χ1n) is 6.06. The molecule has 0 saturated carbocycles. The van der Waals surface area contributed by atoms with Crippen molar-refractivity contribution in [3.63, 3.8) is 0 Å². The lowest BCUT2D eigenvalue weighted by Crippen LogP contribution is -2.42. The molecule has 1 aliphatic rings. The predicted molar refractivity (Wildman–Crippen MR) is 68.5 cm³/mol. The highest BCUT2D eigenvalue weighted by Crippen LogP contribution is 2.33. The lowest BCUT2D eigenvalue weighted by Gasteiger charge is -2.29. The highest BCUT2D eigenvalue weighted by atomic mass is 19.1. The van der Waals surface area contributed by atoms with E-state index in [9.17, 15) is 19.1 Å². The van der Waals surface area contributed by atoms with Gasteiger partial charge in [-0.05, 0) is 17.5 Å². The number of carbonyl (C=O) groups is 2. The van der Waals surface area contributed by atoms with Crippen molar-refractivity contribution < 1.29 is 19.1 Å². The quantitative estimate of drug-likeness (QED) is 0.829. The Bertz CT molecular complexity index is 548. The molecule has 2 rings (SSSR count). The van der Waals surface area contributed by atoms with E-state index in [4.69, 9.17) is 0 Å². The zero-order valence-electron chi connectivity index (χ0n) is 11.1. The van der Waals surface area contributed by atoms with Gasteiger partial charge >= 0.3 is 0 Å². The Hall–Kier alpha value is -1.75. The minimum absolute atomic E-state index is 0.0270. The Labute approximate surface area is 110 Å². The summed E-state index contributed by atoms with van der Waals surface area (Å²) in [4.78, 5) is 24.7. The average molecular weight is 265 g/mol. The van der Waals surface area contributed by atoms with Crippen LogP contribution < -0.4 is 4.90 Å². The number of carbonyl (C=O) groups excluding carboxylic acids is 2. The Kier molecular flexibility index (Phi) is 3.18. The summed E-state index contributed by atoms with van der Waals surface area (Å²) in [5.74, 6) is -2.14. The monoisotopic (exact) mass is 265 g/mol. The van der Waals surface area contributed by atoms with Crippen molar-refractivity contribution in [3.8, 4) is 0 Å². The zero-order chi connectivity index (χ0) is 14.4. The largest absolute Gasteiger partial charge is 0.391 e. The number of aliphatic hydroxyl groups is 1. The number of hydrogen-bond donors (Lipinski definition) is 1. The van der Waals surface area contributed by atoms with E-state index in [0.717, 1.165) is 4.90 Å². The van der Waals surface area contributed by atoms with Crippen LogP contribution in [0.2, 0.25) is 0 Å². The summed E-state index contributed by atoms with van der Waals surface area (Å²) in [7, 11) is 0. The fourth-order valence-electron chi connectivity index (χ4n) is 1.93. The Morgan fingerprint density at radius 3 is 2.53 bits per heavy atom. The number of halogens is 1. The first kappa shape index (κ1) is 13.7. The molecule has 4 nitrogen and oxygen atoms in total. The maximum Gasteiger partial charge on any atom is 0.299 e. The number of para-hydroxylation sites is 1. The molecule has 0 radical (unpaired) electrons. The van der Waals surface area contributed by atoms with Crippen LogP contribution in [0.4, 0.5) is 10.1 Å². The number of β-amino-alcohol motifs (C(OH)–C–C–N with tert-alkyl or cyclic N) is 1. The molecular formula is C14H16FNO3. The molecule has 1 aromatic rings. The van der Waals surface area contributed by atoms with Gasteiger partial charge in [-0.15, -0.1) is 0 Å². The molecule has 1 aliphatic heterocycles. The van der Waals surface area contributed by atoms with Crippen molar-refractivity contribution >= 4 is 17.4 Å². The zero-order valence-corrected chi connectivity index (χ0v) is 11.1. The van der Waals surface area contributed by atoms with E-state index >= 15 is 0 Å². The molecule has 19 heavy (non-hydrogen) atoms. The van der Waals surface area contributed by atoms with Gasteiger partial charge in [-0.2, -0.15) is 0 Å². The van der Waals surface area contributed by atoms with Crippen LogP contribution in [-0.4, -0.2) is 29.4 Å². The van der Waals surface area contributed by atoms with Crippen molar-refractivity contribution in [1.82, 2.24) is 0 Å². The van der Waals surface area contributed by atoms with Gasteiger partial charge in [-0.1, -0.05) is 26.8 Å². The molecule has 0 spiro atoms. The third kappa shape index (κ3) is 2.26. The van der Waals surface area contributed by atoms with E-state index in [-0.39, 0.29) is 17.8 Å². The maximum atomic E-state index is 13.8. The van der Waals surface area contributed by atoms with Crippen molar-refractivity contribution in [2.75, 3.05) is 11.4 Å². The average Bonchev–Trinajstić information content (AvgIpc) is 2.55. The molecule has 0 aromatic heterocycles. The van der Waals surface area contributed by atoms with Gasteiger partial charge in [0.05, 0.1) is 23.9 Å². The molecular weight excluding hydrogens is 249 g/mol. The lowest BCUT2D eigenvalue weighted by atomic mass is 9.89. The second kappa shape index (κ2) is 4.42. The molecule has 0 aliphatic carbocycles. The van der Waals surface area contributed by atoms with Gasteiger partial charge in [0.1, 0.15) is 5.82 Å². The van der Waals surface area contributed by atoms with E-state index in [1.807, 2.05) is 20.8 Å². The molecule has 1 amide bonds. The van der Waals surface area contributed by atoms with Gasteiger partial charge in [0.15, 0.2) is 0 Å². The molecule has 5 heteroatoms. The number of ketones is 1. The molecule has 1 aromatic carbocycles. The number of anilines is 1. The van der Waals surface area contributed by atoms with Gasteiger partial charge in [0.2, 0.25) is 0 Å². The van der Waals surface area contributed by atoms with Crippen LogP contribution in [0.3, 0.4) is 0 Å². The second-order valence-electron chi connectivity index (χ2n) is 5.76. The fraction of sp³-hybridized carbons (Fsp3) is 0.429. The van der Waals surface area contributed by atoms with Crippen LogP contribution in [-0.2, 0) is 4.79 Å². The Morgan fingerprint density at radius 2 is 1.95 bits per heavy atom. The molecule has 102 valence electrons. The van der Waals surface area contributed by atoms with Crippen molar-refractivity contribution in [2.45, 2.75) is 26.9 Å². The van der Waals surface area contributed by atoms with E-state index in [2.05, 4.69) is 0 Å². The smallest absolute Gasteiger partial charge is 0.299 e. The number of hydrogen-bond acceptors (Lipinski definition) is 3. The van der Waals surface area contributed by atoms with Crippen LogP contribution in [0.15, 0.2) is 18.2 Å². The number of nitrogens with zero attached hydrogens (tertiary/aromatic N) is 1. The van der Waals surface area contributed by atoms with Crippen LogP contribution in [0, 0.1) is 11.2 Å². The topological polar surface area (TPSA) is 57.6 Å². The summed E-state index contributed by atoms with van der Waals surface area (Å²) in [5.41, 5.74) is -0.427. The van der Waals surface area contributed by atoms with E-state index in [0.29, 0.717) is 0 Å². The molecule has 0 bridgehead atoms. The molecule has 1 unspecified atom stereocenters. The normalized spacial score (nSPS) is 16.8. The van der Waals surface area contributed by atoms with Crippen molar-refractivity contribution in [3.05, 3.63) is 29.6 Å². The number of benzene rings is 1. The van der Waals surface area contributed by atoms with E-state index in [1.165, 1.54) is 18.2 Å². The van der Waals surface area contributed by atoms with Gasteiger partial charge in [-0.3, -0.25) is 14.5 Å². The lowest BCUT2D eigenvalue weighted by molar-refractivity contribution is -0.114. The van der Waals surface area contributed by atoms with Gasteiger partial charge in [0, 0.05) is 0 Å². The first-order valence-corrected chi connectivity index (χ1v) is 6.06. The highest BCUT2D eigenvalue weighted by molar-refractivity contribution is 6.52. The number of aliphatic hydroxyl groups excluding tert-OH is 1. The Morgan fingerprint density at radius 1 is 1.32 bits per heavy atom.